The van der Waals surface area contributed by atoms with Crippen molar-refractivity contribution in [2.75, 3.05) is 27.3 Å². The largest absolute Gasteiger partial charge is 0.389 e. The molecule has 0 aliphatic heterocycles. The number of ether oxygens (including phenoxy) is 1. The minimum atomic E-state index is -0.683. The summed E-state index contributed by atoms with van der Waals surface area (Å²) in [6, 6.07) is -0.440. The van der Waals surface area contributed by atoms with Crippen LogP contribution in [0.1, 0.15) is 0 Å². The maximum absolute atomic E-state index is 10.8. The number of likely N-dealkylation sites (N-methyl/N-ethyl adjacent to an activating group) is 1. The number of hydrazine groups is 1. The van der Waals surface area contributed by atoms with E-state index in [9.17, 15) is 9.90 Å². The predicted octanol–water partition coefficient (Wildman–Crippen LogP) is -1.49. The standard InChI is InChI=1S/C6H15N3O3/c1-9(6(11)8-7)3-5(10)4-12-2/h5,10H,3-4,7H2,1-2H3,(H,8,11). The lowest BCUT2D eigenvalue weighted by atomic mass is 10.3. The highest BCUT2D eigenvalue weighted by molar-refractivity contribution is 5.73. The summed E-state index contributed by atoms with van der Waals surface area (Å²) in [7, 11) is 3.01. The van der Waals surface area contributed by atoms with Crippen LogP contribution in [0.5, 0.6) is 0 Å². The van der Waals surface area contributed by atoms with Crippen LogP contribution in [0.4, 0.5) is 4.79 Å². The van der Waals surface area contributed by atoms with Crippen LogP contribution in [0.15, 0.2) is 0 Å². The van der Waals surface area contributed by atoms with Crippen LogP contribution < -0.4 is 11.3 Å². The van der Waals surface area contributed by atoms with Gasteiger partial charge in [0.15, 0.2) is 0 Å². The van der Waals surface area contributed by atoms with E-state index in [0.29, 0.717) is 0 Å². The third kappa shape index (κ3) is 4.12. The van der Waals surface area contributed by atoms with Crippen LogP contribution in [0.3, 0.4) is 0 Å². The molecule has 0 aliphatic carbocycles. The molecule has 1 atom stereocenters. The first-order valence-electron chi connectivity index (χ1n) is 3.50. The Balaban J connectivity index is 3.67. The van der Waals surface area contributed by atoms with Gasteiger partial charge in [0.2, 0.25) is 0 Å². The third-order valence-corrected chi connectivity index (χ3v) is 1.31. The lowest BCUT2D eigenvalue weighted by molar-refractivity contribution is 0.0490. The van der Waals surface area contributed by atoms with E-state index >= 15 is 0 Å². The summed E-state index contributed by atoms with van der Waals surface area (Å²) in [6.45, 7) is 0.388. The van der Waals surface area contributed by atoms with Crippen molar-refractivity contribution in [1.29, 1.82) is 0 Å². The van der Waals surface area contributed by atoms with Crippen molar-refractivity contribution in [3.8, 4) is 0 Å². The van der Waals surface area contributed by atoms with E-state index in [-0.39, 0.29) is 13.2 Å². The van der Waals surface area contributed by atoms with Crippen LogP contribution in [0.25, 0.3) is 0 Å². The van der Waals surface area contributed by atoms with Crippen LogP contribution in [0.2, 0.25) is 0 Å². The maximum atomic E-state index is 10.8. The second-order valence-electron chi connectivity index (χ2n) is 2.44. The summed E-state index contributed by atoms with van der Waals surface area (Å²) in [5, 5.41) is 9.18. The molecule has 12 heavy (non-hydrogen) atoms. The fraction of sp³-hybridized carbons (Fsp3) is 0.833. The first kappa shape index (κ1) is 11.2. The number of nitrogens with zero attached hydrogens (tertiary/aromatic N) is 1. The van der Waals surface area contributed by atoms with Crippen molar-refractivity contribution in [1.82, 2.24) is 10.3 Å². The molecule has 0 bridgehead atoms. The summed E-state index contributed by atoms with van der Waals surface area (Å²) in [5.41, 5.74) is 1.95. The summed E-state index contributed by atoms with van der Waals surface area (Å²) >= 11 is 0. The summed E-state index contributed by atoms with van der Waals surface area (Å²) in [5.74, 6) is 4.87. The van der Waals surface area contributed by atoms with Gasteiger partial charge in [-0.05, 0) is 0 Å². The van der Waals surface area contributed by atoms with Gasteiger partial charge < -0.3 is 14.7 Å². The van der Waals surface area contributed by atoms with Gasteiger partial charge in [0.25, 0.3) is 0 Å². The van der Waals surface area contributed by atoms with Gasteiger partial charge in [-0.25, -0.2) is 10.6 Å². The second kappa shape index (κ2) is 5.76. The lowest BCUT2D eigenvalue weighted by Crippen LogP contribution is -2.44. The fourth-order valence-electron chi connectivity index (χ4n) is 0.754. The molecule has 0 heterocycles. The van der Waals surface area contributed by atoms with Crippen molar-refractivity contribution in [3.63, 3.8) is 0 Å². The number of rotatable bonds is 4. The molecule has 0 radical (unpaired) electrons. The Kier molecular flexibility index (Phi) is 5.35. The maximum Gasteiger partial charge on any atom is 0.331 e. The van der Waals surface area contributed by atoms with Crippen LogP contribution in [0, 0.1) is 0 Å². The van der Waals surface area contributed by atoms with Crippen LogP contribution in [-0.2, 0) is 4.74 Å². The number of nitrogens with two attached hydrogens (primary N) is 1. The average Bonchev–Trinajstić information content (AvgIpc) is 2.03. The number of nitrogens with one attached hydrogen (secondary N) is 1. The molecule has 0 aromatic heterocycles. The molecule has 6 nitrogen and oxygen atoms in total. The van der Waals surface area contributed by atoms with Gasteiger partial charge in [0, 0.05) is 14.2 Å². The summed E-state index contributed by atoms with van der Waals surface area (Å²) in [4.78, 5) is 12.1. The van der Waals surface area contributed by atoms with Gasteiger partial charge >= 0.3 is 6.03 Å². The molecule has 0 rings (SSSR count). The van der Waals surface area contributed by atoms with Crippen LogP contribution >= 0.6 is 0 Å². The minimum Gasteiger partial charge on any atom is -0.389 e. The Morgan fingerprint density at radius 1 is 1.83 bits per heavy atom. The molecular weight excluding hydrogens is 162 g/mol. The highest BCUT2D eigenvalue weighted by Gasteiger charge is 2.11. The molecule has 0 aromatic carbocycles. The average molecular weight is 177 g/mol. The number of carbonyl (C=O) groups is 1. The summed E-state index contributed by atoms with van der Waals surface area (Å²) in [6.07, 6.45) is -0.683. The van der Waals surface area contributed by atoms with Crippen molar-refractivity contribution < 1.29 is 14.6 Å². The van der Waals surface area contributed by atoms with E-state index in [1.54, 1.807) is 0 Å². The molecular formula is C6H15N3O3. The molecule has 0 spiro atoms. The van der Waals surface area contributed by atoms with E-state index in [2.05, 4.69) is 4.74 Å². The number of methoxy groups -OCH3 is 1. The molecule has 0 aliphatic rings. The number of aliphatic hydroxyl groups is 1. The van der Waals surface area contributed by atoms with Crippen molar-refractivity contribution >= 4 is 6.03 Å². The Morgan fingerprint density at radius 3 is 2.83 bits per heavy atom. The molecule has 0 saturated carbocycles. The molecule has 2 amide bonds. The normalized spacial score (nSPS) is 12.3. The third-order valence-electron chi connectivity index (χ3n) is 1.31. The fourth-order valence-corrected chi connectivity index (χ4v) is 0.754. The van der Waals surface area contributed by atoms with Gasteiger partial charge in [-0.1, -0.05) is 0 Å². The van der Waals surface area contributed by atoms with Gasteiger partial charge in [-0.2, -0.15) is 0 Å². The first-order chi connectivity index (χ1) is 5.61. The van der Waals surface area contributed by atoms with E-state index in [0.717, 1.165) is 0 Å². The van der Waals surface area contributed by atoms with Crippen molar-refractivity contribution in [2.24, 2.45) is 5.84 Å². The van der Waals surface area contributed by atoms with Gasteiger partial charge in [0.05, 0.1) is 19.3 Å². The highest BCUT2D eigenvalue weighted by Crippen LogP contribution is 1.89. The van der Waals surface area contributed by atoms with E-state index in [4.69, 9.17) is 5.84 Å². The Bertz CT molecular complexity index is 142. The molecule has 0 fully saturated rings. The molecule has 1 unspecified atom stereocenters. The monoisotopic (exact) mass is 177 g/mol. The molecule has 4 N–H and O–H groups in total. The van der Waals surface area contributed by atoms with E-state index in [1.165, 1.54) is 19.1 Å². The zero-order chi connectivity index (χ0) is 9.56. The second-order valence-corrected chi connectivity index (χ2v) is 2.44. The highest BCUT2D eigenvalue weighted by atomic mass is 16.5. The van der Waals surface area contributed by atoms with Gasteiger partial charge in [-0.3, -0.25) is 5.43 Å². The lowest BCUT2D eigenvalue weighted by Gasteiger charge is -2.19. The molecule has 72 valence electrons. The Hall–Kier alpha value is -0.850. The van der Waals surface area contributed by atoms with Crippen molar-refractivity contribution in [2.45, 2.75) is 6.10 Å². The molecule has 0 aromatic rings. The van der Waals surface area contributed by atoms with Gasteiger partial charge in [0.1, 0.15) is 0 Å². The SMILES string of the molecule is COCC(O)CN(C)C(=O)NN. The smallest absolute Gasteiger partial charge is 0.331 e. The zero-order valence-corrected chi connectivity index (χ0v) is 7.28. The number of urea groups is 1. The predicted molar refractivity (Wildman–Crippen MR) is 43.2 cm³/mol. The number of amides is 2. The minimum absolute atomic E-state index is 0.191. The van der Waals surface area contributed by atoms with E-state index in [1.807, 2.05) is 5.43 Å². The van der Waals surface area contributed by atoms with Crippen molar-refractivity contribution in [3.05, 3.63) is 0 Å². The Morgan fingerprint density at radius 2 is 2.42 bits per heavy atom. The zero-order valence-electron chi connectivity index (χ0n) is 7.28. The number of carbonyl (C=O) groups excluding carboxylic acids is 1. The number of aliphatic hydroxyl groups excluding tert-OH is 1. The number of hydrogen-bond acceptors (Lipinski definition) is 4. The number of hydrogen-bond donors (Lipinski definition) is 3. The molecule has 6 heteroatoms. The van der Waals surface area contributed by atoms with Gasteiger partial charge in [-0.15, -0.1) is 0 Å². The quantitative estimate of drug-likeness (QED) is 0.277. The first-order valence-corrected chi connectivity index (χ1v) is 3.50. The Labute approximate surface area is 71.3 Å². The topological polar surface area (TPSA) is 87.8 Å². The molecule has 0 saturated heterocycles. The van der Waals surface area contributed by atoms with Crippen LogP contribution in [-0.4, -0.2) is 49.5 Å². The summed E-state index contributed by atoms with van der Waals surface area (Å²) < 4.78 is 4.68. The van der Waals surface area contributed by atoms with E-state index < -0.39 is 12.1 Å².